The van der Waals surface area contributed by atoms with Crippen LogP contribution in [0.5, 0.6) is 0 Å². The summed E-state index contributed by atoms with van der Waals surface area (Å²) in [6.45, 7) is 3.62. The maximum absolute atomic E-state index is 13.5. The van der Waals surface area contributed by atoms with Crippen molar-refractivity contribution in [1.82, 2.24) is 5.32 Å². The maximum Gasteiger partial charge on any atom is 0.330 e. The smallest absolute Gasteiger partial charge is 0.330 e. The third-order valence-corrected chi connectivity index (χ3v) is 4.03. The van der Waals surface area contributed by atoms with Gasteiger partial charge in [-0.25, -0.2) is 13.6 Å². The van der Waals surface area contributed by atoms with Crippen molar-refractivity contribution in [3.63, 3.8) is 0 Å². The average Bonchev–Trinajstić information content (AvgIpc) is 2.94. The summed E-state index contributed by atoms with van der Waals surface area (Å²) < 4.78 is 31.8. The Balaban J connectivity index is 2.33. The Morgan fingerprint density at radius 2 is 2.00 bits per heavy atom. The van der Waals surface area contributed by atoms with E-state index in [9.17, 15) is 13.6 Å². The van der Waals surface area contributed by atoms with Gasteiger partial charge < -0.3 is 4.74 Å². The van der Waals surface area contributed by atoms with E-state index < -0.39 is 23.1 Å². The second-order valence-corrected chi connectivity index (χ2v) is 5.60. The summed E-state index contributed by atoms with van der Waals surface area (Å²) in [5, 5.41) is 3.28. The van der Waals surface area contributed by atoms with Crippen LogP contribution in [0.15, 0.2) is 18.2 Å². The zero-order valence-corrected chi connectivity index (χ0v) is 12.4. The van der Waals surface area contributed by atoms with Crippen molar-refractivity contribution in [2.75, 3.05) is 6.61 Å². The van der Waals surface area contributed by atoms with Gasteiger partial charge in [-0.15, -0.1) is 0 Å². The highest BCUT2D eigenvalue weighted by Gasteiger charge is 2.39. The molecule has 0 radical (unpaired) electrons. The molecule has 0 aliphatic heterocycles. The highest BCUT2D eigenvalue weighted by atomic mass is 19.2. The number of halogens is 2. The third-order valence-electron chi connectivity index (χ3n) is 4.03. The second-order valence-electron chi connectivity index (χ2n) is 5.60. The van der Waals surface area contributed by atoms with Crippen LogP contribution in [0.2, 0.25) is 0 Å². The topological polar surface area (TPSA) is 38.3 Å². The van der Waals surface area contributed by atoms with E-state index in [4.69, 9.17) is 4.74 Å². The quantitative estimate of drug-likeness (QED) is 0.848. The van der Waals surface area contributed by atoms with Gasteiger partial charge in [0.1, 0.15) is 5.54 Å². The molecule has 2 rings (SSSR count). The molecule has 116 valence electrons. The van der Waals surface area contributed by atoms with Crippen LogP contribution in [-0.4, -0.2) is 18.6 Å². The molecule has 1 N–H and O–H groups in total. The first-order chi connectivity index (χ1) is 9.97. The van der Waals surface area contributed by atoms with Crippen LogP contribution in [0.25, 0.3) is 0 Å². The van der Waals surface area contributed by atoms with Crippen LogP contribution in [0.4, 0.5) is 8.78 Å². The molecule has 1 aromatic rings. The molecule has 21 heavy (non-hydrogen) atoms. The van der Waals surface area contributed by atoms with E-state index in [2.05, 4.69) is 5.32 Å². The van der Waals surface area contributed by atoms with Crippen molar-refractivity contribution in [1.29, 1.82) is 0 Å². The normalized spacial score (nSPS) is 18.5. The Labute approximate surface area is 123 Å². The molecular weight excluding hydrogens is 276 g/mol. The highest BCUT2D eigenvalue weighted by molar-refractivity contribution is 5.82. The average molecular weight is 297 g/mol. The Bertz CT molecular complexity index is 515. The number of benzene rings is 1. The summed E-state index contributed by atoms with van der Waals surface area (Å²) in [7, 11) is 0. The predicted octanol–water partition coefficient (Wildman–Crippen LogP) is 3.28. The molecule has 0 amide bonds. The lowest BCUT2D eigenvalue weighted by Crippen LogP contribution is -2.51. The molecule has 5 heteroatoms. The van der Waals surface area contributed by atoms with Gasteiger partial charge in [0.2, 0.25) is 0 Å². The number of ether oxygens (including phenoxy) is 1. The van der Waals surface area contributed by atoms with Crippen LogP contribution < -0.4 is 5.32 Å². The van der Waals surface area contributed by atoms with Crippen LogP contribution >= 0.6 is 0 Å². The molecule has 0 saturated heterocycles. The second kappa shape index (κ2) is 6.52. The van der Waals surface area contributed by atoms with Crippen molar-refractivity contribution < 1.29 is 18.3 Å². The van der Waals surface area contributed by atoms with E-state index in [1.54, 1.807) is 13.8 Å². The van der Waals surface area contributed by atoms with Gasteiger partial charge in [-0.2, -0.15) is 0 Å². The first-order valence-corrected chi connectivity index (χ1v) is 7.38. The van der Waals surface area contributed by atoms with E-state index in [0.29, 0.717) is 5.56 Å². The number of rotatable bonds is 5. The molecule has 1 unspecified atom stereocenters. The number of carbonyl (C=O) groups is 1. The van der Waals surface area contributed by atoms with Crippen LogP contribution in [-0.2, 0) is 15.1 Å². The van der Waals surface area contributed by atoms with Crippen molar-refractivity contribution >= 4 is 5.97 Å². The Morgan fingerprint density at radius 3 is 2.57 bits per heavy atom. The van der Waals surface area contributed by atoms with Gasteiger partial charge >= 0.3 is 5.97 Å². The molecule has 0 spiro atoms. The zero-order chi connectivity index (χ0) is 15.5. The number of hydrogen-bond acceptors (Lipinski definition) is 3. The zero-order valence-electron chi connectivity index (χ0n) is 12.4. The van der Waals surface area contributed by atoms with Crippen molar-refractivity contribution in [3.8, 4) is 0 Å². The fourth-order valence-corrected chi connectivity index (χ4v) is 2.82. The fourth-order valence-electron chi connectivity index (χ4n) is 2.82. The monoisotopic (exact) mass is 297 g/mol. The number of esters is 1. The molecule has 1 saturated carbocycles. The van der Waals surface area contributed by atoms with E-state index >= 15 is 0 Å². The minimum absolute atomic E-state index is 0.188. The van der Waals surface area contributed by atoms with Crippen LogP contribution in [0, 0.1) is 11.6 Å². The lowest BCUT2D eigenvalue weighted by molar-refractivity contribution is -0.151. The van der Waals surface area contributed by atoms with Gasteiger partial charge in [0.15, 0.2) is 11.6 Å². The van der Waals surface area contributed by atoms with E-state index in [1.165, 1.54) is 6.07 Å². The summed E-state index contributed by atoms with van der Waals surface area (Å²) in [5.74, 6) is -2.36. The Morgan fingerprint density at radius 1 is 1.33 bits per heavy atom. The Kier molecular flexibility index (Phi) is 4.93. The van der Waals surface area contributed by atoms with Gasteiger partial charge in [0, 0.05) is 6.04 Å². The third kappa shape index (κ3) is 3.40. The Hall–Kier alpha value is -1.49. The molecule has 1 aromatic carbocycles. The molecule has 0 aromatic heterocycles. The lowest BCUT2D eigenvalue weighted by Gasteiger charge is -2.32. The van der Waals surface area contributed by atoms with Crippen molar-refractivity contribution in [2.45, 2.75) is 51.1 Å². The summed E-state index contributed by atoms with van der Waals surface area (Å²) in [6.07, 6.45) is 4.15. The standard InChI is InChI=1S/C16H21F2NO2/c1-3-21-15(20)16(2,19-12-6-4-5-7-12)11-8-9-13(17)14(18)10-11/h8-10,12,19H,3-7H2,1-2H3. The molecule has 3 nitrogen and oxygen atoms in total. The van der Waals surface area contributed by atoms with Gasteiger partial charge in [-0.1, -0.05) is 18.9 Å². The summed E-state index contributed by atoms with van der Waals surface area (Å²) >= 11 is 0. The summed E-state index contributed by atoms with van der Waals surface area (Å²) in [6, 6.07) is 3.72. The maximum atomic E-state index is 13.5. The minimum Gasteiger partial charge on any atom is -0.464 e. The first-order valence-electron chi connectivity index (χ1n) is 7.38. The molecule has 1 aliphatic carbocycles. The fraction of sp³-hybridized carbons (Fsp3) is 0.562. The number of hydrogen-bond donors (Lipinski definition) is 1. The summed E-state index contributed by atoms with van der Waals surface area (Å²) in [4.78, 5) is 12.3. The van der Waals surface area contributed by atoms with Crippen molar-refractivity contribution in [2.24, 2.45) is 0 Å². The molecule has 1 aliphatic rings. The first kappa shape index (κ1) is 15.9. The molecule has 1 fully saturated rings. The van der Waals surface area contributed by atoms with Gasteiger partial charge in [-0.3, -0.25) is 5.32 Å². The van der Waals surface area contributed by atoms with Crippen LogP contribution in [0.3, 0.4) is 0 Å². The SMILES string of the molecule is CCOC(=O)C(C)(NC1CCCC1)c1ccc(F)c(F)c1. The summed E-state index contributed by atoms with van der Waals surface area (Å²) in [5.41, 5.74) is -0.786. The van der Waals surface area contributed by atoms with E-state index in [0.717, 1.165) is 37.8 Å². The molecule has 0 heterocycles. The van der Waals surface area contributed by atoms with Crippen molar-refractivity contribution in [3.05, 3.63) is 35.4 Å². The van der Waals surface area contributed by atoms with E-state index in [1.807, 2.05) is 0 Å². The largest absolute Gasteiger partial charge is 0.464 e. The van der Waals surface area contributed by atoms with Gasteiger partial charge in [0.25, 0.3) is 0 Å². The van der Waals surface area contributed by atoms with E-state index in [-0.39, 0.29) is 12.6 Å². The lowest BCUT2D eigenvalue weighted by atomic mass is 9.90. The highest BCUT2D eigenvalue weighted by Crippen LogP contribution is 2.28. The predicted molar refractivity (Wildman–Crippen MR) is 75.7 cm³/mol. The minimum atomic E-state index is -1.17. The number of nitrogens with one attached hydrogen (secondary N) is 1. The molecular formula is C16H21F2NO2. The van der Waals surface area contributed by atoms with Crippen LogP contribution in [0.1, 0.15) is 45.1 Å². The van der Waals surface area contributed by atoms with Gasteiger partial charge in [0.05, 0.1) is 6.61 Å². The van der Waals surface area contributed by atoms with Gasteiger partial charge in [-0.05, 0) is 44.4 Å². The molecule has 1 atom stereocenters. The number of carbonyl (C=O) groups excluding carboxylic acids is 1. The molecule has 0 bridgehead atoms.